The van der Waals surface area contributed by atoms with Gasteiger partial charge in [-0.1, -0.05) is 24.3 Å². The van der Waals surface area contributed by atoms with Gasteiger partial charge in [-0.2, -0.15) is 9.78 Å². The second kappa shape index (κ2) is 11.4. The number of carbonyl (C=O) groups excluding carboxylic acids is 1. The van der Waals surface area contributed by atoms with Gasteiger partial charge in [0.2, 0.25) is 0 Å². The minimum absolute atomic E-state index is 0.198. The van der Waals surface area contributed by atoms with Crippen molar-refractivity contribution in [3.63, 3.8) is 0 Å². The molecule has 1 amide bonds. The molecule has 2 aromatic carbocycles. The van der Waals surface area contributed by atoms with Gasteiger partial charge in [0, 0.05) is 0 Å². The molecule has 0 saturated carbocycles. The number of nitro groups is 1. The summed E-state index contributed by atoms with van der Waals surface area (Å²) in [7, 11) is 0. The molecule has 0 atom stereocenters. The van der Waals surface area contributed by atoms with E-state index in [2.05, 4.69) is 31.6 Å². The van der Waals surface area contributed by atoms with Gasteiger partial charge < -0.3 is 19.6 Å². The molecule has 0 saturated heterocycles. The molecule has 0 aliphatic heterocycles. The maximum Gasteiger partial charge on any atom is 0.390 e. The van der Waals surface area contributed by atoms with Gasteiger partial charge in [0.15, 0.2) is 11.5 Å². The Balaban J connectivity index is 1.67. The van der Waals surface area contributed by atoms with Crippen molar-refractivity contribution in [3.05, 3.63) is 79.4 Å². The first-order chi connectivity index (χ1) is 16.3. The number of carbonyl (C=O) groups is 1. The lowest BCUT2D eigenvalue weighted by molar-refractivity contribution is -0.389. The van der Waals surface area contributed by atoms with Crippen LogP contribution in [0.1, 0.15) is 29.3 Å². The molecule has 0 spiro atoms. The Morgan fingerprint density at radius 1 is 1.26 bits per heavy atom. The van der Waals surface area contributed by atoms with Crippen molar-refractivity contribution in [3.8, 4) is 11.5 Å². The van der Waals surface area contributed by atoms with Crippen molar-refractivity contribution in [1.29, 1.82) is 0 Å². The van der Waals surface area contributed by atoms with Crippen molar-refractivity contribution in [2.24, 2.45) is 5.10 Å². The summed E-state index contributed by atoms with van der Waals surface area (Å²) in [5.41, 5.74) is 5.77. The van der Waals surface area contributed by atoms with Crippen LogP contribution in [-0.2, 0) is 17.9 Å². The van der Waals surface area contributed by atoms with Crippen LogP contribution in [-0.4, -0.2) is 33.4 Å². The fourth-order valence-electron chi connectivity index (χ4n) is 3.08. The summed E-state index contributed by atoms with van der Waals surface area (Å²) in [6.45, 7) is 6.17. The van der Waals surface area contributed by atoms with E-state index in [0.29, 0.717) is 40.4 Å². The molecule has 1 N–H and O–H groups in total. The van der Waals surface area contributed by atoms with Gasteiger partial charge in [-0.3, -0.25) is 4.79 Å². The lowest BCUT2D eigenvalue weighted by Crippen LogP contribution is -2.24. The number of benzene rings is 2. The molecule has 178 valence electrons. The van der Waals surface area contributed by atoms with Crippen LogP contribution in [0.25, 0.3) is 0 Å². The van der Waals surface area contributed by atoms with Crippen LogP contribution < -0.4 is 14.9 Å². The largest absolute Gasteiger partial charge is 0.490 e. The highest BCUT2D eigenvalue weighted by Gasteiger charge is 2.17. The van der Waals surface area contributed by atoms with Crippen LogP contribution in [0, 0.1) is 24.0 Å². The van der Waals surface area contributed by atoms with Crippen molar-refractivity contribution < 1.29 is 19.2 Å². The highest BCUT2D eigenvalue weighted by Crippen LogP contribution is 2.37. The molecule has 10 nitrogen and oxygen atoms in total. The SMILES string of the molecule is CCOc1cc(/C=N/NC(=O)Cn2nc([N+](=O)[O-])cc2C)cc(Br)c1OCc1ccccc1C. The molecule has 1 heterocycles. The number of aryl methyl sites for hydroxylation is 2. The Kier molecular flexibility index (Phi) is 8.36. The van der Waals surface area contributed by atoms with Gasteiger partial charge in [0.05, 0.1) is 34.2 Å². The fourth-order valence-corrected chi connectivity index (χ4v) is 3.65. The van der Waals surface area contributed by atoms with Gasteiger partial charge in [-0.05, 0) is 70.4 Å². The van der Waals surface area contributed by atoms with Crippen LogP contribution in [0.4, 0.5) is 5.82 Å². The van der Waals surface area contributed by atoms with Crippen molar-refractivity contribution >= 4 is 33.9 Å². The number of hydrogen-bond donors (Lipinski definition) is 1. The van der Waals surface area contributed by atoms with Gasteiger partial charge in [-0.25, -0.2) is 5.43 Å². The molecular formula is C23H24BrN5O5. The highest BCUT2D eigenvalue weighted by molar-refractivity contribution is 9.10. The van der Waals surface area contributed by atoms with E-state index >= 15 is 0 Å². The van der Waals surface area contributed by atoms with Crippen LogP contribution in [0.5, 0.6) is 11.5 Å². The van der Waals surface area contributed by atoms with Crippen molar-refractivity contribution in [1.82, 2.24) is 15.2 Å². The maximum absolute atomic E-state index is 12.2. The van der Waals surface area contributed by atoms with E-state index in [1.54, 1.807) is 19.1 Å². The zero-order valence-corrected chi connectivity index (χ0v) is 20.5. The zero-order chi connectivity index (χ0) is 24.7. The number of rotatable bonds is 10. The first kappa shape index (κ1) is 24.9. The van der Waals surface area contributed by atoms with E-state index < -0.39 is 10.8 Å². The number of hydrazone groups is 1. The Morgan fingerprint density at radius 2 is 2.03 bits per heavy atom. The molecule has 0 unspecified atom stereocenters. The third kappa shape index (κ3) is 6.41. The van der Waals surface area contributed by atoms with E-state index in [9.17, 15) is 14.9 Å². The summed E-state index contributed by atoms with van der Waals surface area (Å²) in [6, 6.07) is 12.8. The predicted octanol–water partition coefficient (Wildman–Crippen LogP) is 4.30. The molecule has 34 heavy (non-hydrogen) atoms. The number of halogens is 1. The number of nitrogens with zero attached hydrogens (tertiary/aromatic N) is 4. The van der Waals surface area contributed by atoms with Crippen LogP contribution in [0.2, 0.25) is 0 Å². The molecule has 0 radical (unpaired) electrons. The smallest absolute Gasteiger partial charge is 0.390 e. The van der Waals surface area contributed by atoms with E-state index in [0.717, 1.165) is 11.1 Å². The van der Waals surface area contributed by atoms with E-state index in [-0.39, 0.29) is 12.4 Å². The average molecular weight is 530 g/mol. The topological polar surface area (TPSA) is 121 Å². The molecule has 3 aromatic rings. The van der Waals surface area contributed by atoms with Crippen molar-refractivity contribution in [2.45, 2.75) is 33.9 Å². The quantitative estimate of drug-likeness (QED) is 0.237. The van der Waals surface area contributed by atoms with Crippen LogP contribution >= 0.6 is 15.9 Å². The van der Waals surface area contributed by atoms with E-state index in [1.165, 1.54) is 17.0 Å². The average Bonchev–Trinajstić information content (AvgIpc) is 3.15. The number of ether oxygens (including phenoxy) is 2. The van der Waals surface area contributed by atoms with E-state index in [1.807, 2.05) is 38.1 Å². The van der Waals surface area contributed by atoms with Crippen molar-refractivity contribution in [2.75, 3.05) is 6.61 Å². The van der Waals surface area contributed by atoms with Crippen LogP contribution in [0.15, 0.2) is 52.0 Å². The second-order valence-corrected chi connectivity index (χ2v) is 8.18. The molecule has 0 fully saturated rings. The Labute approximate surface area is 204 Å². The van der Waals surface area contributed by atoms with Gasteiger partial charge in [-0.15, -0.1) is 0 Å². The third-order valence-corrected chi connectivity index (χ3v) is 5.41. The lowest BCUT2D eigenvalue weighted by Gasteiger charge is -2.15. The summed E-state index contributed by atoms with van der Waals surface area (Å²) in [5.74, 6) is 0.325. The van der Waals surface area contributed by atoms with Crippen LogP contribution in [0.3, 0.4) is 0 Å². The van der Waals surface area contributed by atoms with E-state index in [4.69, 9.17) is 9.47 Å². The first-order valence-corrected chi connectivity index (χ1v) is 11.2. The van der Waals surface area contributed by atoms with Gasteiger partial charge in [0.1, 0.15) is 13.2 Å². The summed E-state index contributed by atoms with van der Waals surface area (Å²) in [6.07, 6.45) is 1.47. The highest BCUT2D eigenvalue weighted by atomic mass is 79.9. The fraction of sp³-hybridized carbons (Fsp3) is 0.261. The third-order valence-electron chi connectivity index (χ3n) is 4.82. The lowest BCUT2D eigenvalue weighted by atomic mass is 10.1. The maximum atomic E-state index is 12.2. The summed E-state index contributed by atoms with van der Waals surface area (Å²) in [4.78, 5) is 22.4. The van der Waals surface area contributed by atoms with Gasteiger partial charge in [0.25, 0.3) is 5.91 Å². The standard InChI is InChI=1S/C23H24BrN5O5/c1-4-33-20-11-17(10-19(24)23(20)34-14-18-8-6-5-7-15(18)2)12-25-26-22(30)13-28-16(3)9-21(27-28)29(31)32/h5-12H,4,13-14H2,1-3H3,(H,26,30)/b25-12+. The summed E-state index contributed by atoms with van der Waals surface area (Å²) < 4.78 is 13.7. The minimum Gasteiger partial charge on any atom is -0.490 e. The molecule has 0 aliphatic carbocycles. The number of aromatic nitrogens is 2. The summed E-state index contributed by atoms with van der Waals surface area (Å²) >= 11 is 3.53. The monoisotopic (exact) mass is 529 g/mol. The Bertz CT molecular complexity index is 1220. The molecule has 1 aromatic heterocycles. The molecular weight excluding hydrogens is 506 g/mol. The zero-order valence-electron chi connectivity index (χ0n) is 18.9. The number of amides is 1. The first-order valence-electron chi connectivity index (χ1n) is 10.4. The molecule has 0 aliphatic rings. The molecule has 0 bridgehead atoms. The Morgan fingerprint density at radius 3 is 2.71 bits per heavy atom. The number of nitrogens with one attached hydrogen (secondary N) is 1. The summed E-state index contributed by atoms with van der Waals surface area (Å²) in [5, 5.41) is 18.6. The second-order valence-electron chi connectivity index (χ2n) is 7.33. The number of hydrogen-bond acceptors (Lipinski definition) is 7. The van der Waals surface area contributed by atoms with Gasteiger partial charge >= 0.3 is 5.82 Å². The minimum atomic E-state index is -0.609. The predicted molar refractivity (Wildman–Crippen MR) is 130 cm³/mol. The normalized spacial score (nSPS) is 10.9. The molecule has 11 heteroatoms. The molecule has 3 rings (SSSR count). The Hall–Kier alpha value is -3.73.